The lowest BCUT2D eigenvalue weighted by molar-refractivity contribution is -0.0276. The van der Waals surface area contributed by atoms with Gasteiger partial charge in [0.2, 0.25) is 11.7 Å². The maximum absolute atomic E-state index is 12.2. The Morgan fingerprint density at radius 2 is 2.42 bits per heavy atom. The first-order valence-corrected chi connectivity index (χ1v) is 5.97. The number of morpholine rings is 1. The van der Waals surface area contributed by atoms with Crippen LogP contribution in [0.15, 0.2) is 27.5 Å². The Morgan fingerprint density at radius 3 is 3.11 bits per heavy atom. The number of hydrogen-bond acceptors (Lipinski definition) is 6. The molecule has 2 aromatic heterocycles. The molecule has 0 aliphatic carbocycles. The van der Waals surface area contributed by atoms with Gasteiger partial charge in [-0.25, -0.2) is 0 Å². The molecule has 0 saturated carbocycles. The fraction of sp³-hybridized carbons (Fsp3) is 0.417. The first-order valence-electron chi connectivity index (χ1n) is 5.97. The topological polar surface area (TPSA) is 81.6 Å². The van der Waals surface area contributed by atoms with Gasteiger partial charge in [0, 0.05) is 13.5 Å². The number of nitrogens with zero attached hydrogens (tertiary/aromatic N) is 3. The summed E-state index contributed by atoms with van der Waals surface area (Å²) < 4.78 is 15.4. The van der Waals surface area contributed by atoms with Gasteiger partial charge in [-0.15, -0.1) is 0 Å². The van der Waals surface area contributed by atoms with Crippen molar-refractivity contribution in [3.8, 4) is 0 Å². The molecule has 3 heterocycles. The molecule has 1 aliphatic heterocycles. The maximum atomic E-state index is 12.2. The van der Waals surface area contributed by atoms with Gasteiger partial charge >= 0.3 is 0 Å². The van der Waals surface area contributed by atoms with E-state index in [1.807, 2.05) is 0 Å². The lowest BCUT2D eigenvalue weighted by Gasteiger charge is -2.31. The lowest BCUT2D eigenvalue weighted by atomic mass is 10.2. The van der Waals surface area contributed by atoms with Gasteiger partial charge in [-0.2, -0.15) is 4.98 Å². The number of carbonyl (C=O) groups is 1. The van der Waals surface area contributed by atoms with Gasteiger partial charge in [-0.3, -0.25) is 4.79 Å². The van der Waals surface area contributed by atoms with E-state index in [1.165, 1.54) is 12.5 Å². The minimum absolute atomic E-state index is 0.0812. The van der Waals surface area contributed by atoms with Gasteiger partial charge in [0.1, 0.15) is 12.4 Å². The van der Waals surface area contributed by atoms with Gasteiger partial charge < -0.3 is 18.6 Å². The van der Waals surface area contributed by atoms with Crippen LogP contribution in [0.25, 0.3) is 0 Å². The van der Waals surface area contributed by atoms with E-state index >= 15 is 0 Å². The van der Waals surface area contributed by atoms with Gasteiger partial charge in [0.25, 0.3) is 5.91 Å². The van der Waals surface area contributed by atoms with Crippen molar-refractivity contribution in [3.05, 3.63) is 35.9 Å². The highest BCUT2D eigenvalue weighted by atomic mass is 16.5. The molecular weight excluding hydrogens is 250 g/mol. The zero-order valence-electron chi connectivity index (χ0n) is 10.4. The number of carbonyl (C=O) groups excluding carboxylic acids is 1. The predicted molar refractivity (Wildman–Crippen MR) is 62.3 cm³/mol. The second-order valence-corrected chi connectivity index (χ2v) is 4.29. The molecule has 1 unspecified atom stereocenters. The minimum Gasteiger partial charge on any atom is -0.472 e. The molecule has 1 aliphatic rings. The van der Waals surface area contributed by atoms with Gasteiger partial charge in [-0.1, -0.05) is 5.16 Å². The zero-order valence-corrected chi connectivity index (χ0v) is 10.4. The van der Waals surface area contributed by atoms with Crippen molar-refractivity contribution in [3.63, 3.8) is 0 Å². The van der Waals surface area contributed by atoms with E-state index in [9.17, 15) is 4.79 Å². The molecule has 1 fully saturated rings. The Balaban J connectivity index is 1.73. The summed E-state index contributed by atoms with van der Waals surface area (Å²) in [6.07, 6.45) is 2.57. The van der Waals surface area contributed by atoms with Crippen LogP contribution < -0.4 is 0 Å². The van der Waals surface area contributed by atoms with Crippen molar-refractivity contribution in [2.45, 2.75) is 13.0 Å². The zero-order chi connectivity index (χ0) is 13.2. The molecule has 1 amide bonds. The van der Waals surface area contributed by atoms with E-state index in [0.29, 0.717) is 37.0 Å². The number of amides is 1. The van der Waals surface area contributed by atoms with Crippen LogP contribution in [0.2, 0.25) is 0 Å². The molecule has 100 valence electrons. The highest BCUT2D eigenvalue weighted by Gasteiger charge is 2.29. The first kappa shape index (κ1) is 11.9. The lowest BCUT2D eigenvalue weighted by Crippen LogP contribution is -2.42. The fourth-order valence-corrected chi connectivity index (χ4v) is 2.00. The number of aryl methyl sites for hydroxylation is 1. The maximum Gasteiger partial charge on any atom is 0.257 e. The third kappa shape index (κ3) is 2.37. The number of furan rings is 1. The third-order valence-electron chi connectivity index (χ3n) is 2.95. The van der Waals surface area contributed by atoms with Gasteiger partial charge in [0.15, 0.2) is 0 Å². The van der Waals surface area contributed by atoms with Crippen LogP contribution in [0.1, 0.15) is 28.2 Å². The minimum atomic E-state index is -0.345. The molecule has 2 aromatic rings. The van der Waals surface area contributed by atoms with Crippen LogP contribution in [0, 0.1) is 6.92 Å². The van der Waals surface area contributed by atoms with Crippen LogP contribution in [0.4, 0.5) is 0 Å². The number of rotatable bonds is 2. The number of hydrogen-bond donors (Lipinski definition) is 0. The van der Waals surface area contributed by atoms with Crippen LogP contribution in [-0.4, -0.2) is 40.6 Å². The van der Waals surface area contributed by atoms with E-state index in [0.717, 1.165) is 0 Å². The van der Waals surface area contributed by atoms with E-state index < -0.39 is 0 Å². The van der Waals surface area contributed by atoms with E-state index in [-0.39, 0.29) is 12.0 Å². The van der Waals surface area contributed by atoms with Crippen molar-refractivity contribution < 1.29 is 18.5 Å². The fourth-order valence-electron chi connectivity index (χ4n) is 2.00. The average Bonchev–Trinajstić information content (AvgIpc) is 3.09. The third-order valence-corrected chi connectivity index (χ3v) is 2.95. The first-order chi connectivity index (χ1) is 9.24. The number of ether oxygens (including phenoxy) is 1. The molecule has 0 bridgehead atoms. The second-order valence-electron chi connectivity index (χ2n) is 4.29. The quantitative estimate of drug-likeness (QED) is 0.809. The van der Waals surface area contributed by atoms with Crippen molar-refractivity contribution in [2.75, 3.05) is 19.7 Å². The Labute approximate surface area is 109 Å². The van der Waals surface area contributed by atoms with E-state index in [1.54, 1.807) is 17.9 Å². The average molecular weight is 263 g/mol. The normalized spacial score (nSPS) is 19.6. The summed E-state index contributed by atoms with van der Waals surface area (Å²) >= 11 is 0. The summed E-state index contributed by atoms with van der Waals surface area (Å²) in [6, 6.07) is 1.64. The van der Waals surface area contributed by atoms with Gasteiger partial charge in [-0.05, 0) is 6.07 Å². The second kappa shape index (κ2) is 4.85. The monoisotopic (exact) mass is 263 g/mol. The summed E-state index contributed by atoms with van der Waals surface area (Å²) in [6.45, 7) is 3.11. The molecule has 1 atom stereocenters. The molecule has 0 N–H and O–H groups in total. The molecule has 0 spiro atoms. The highest BCUT2D eigenvalue weighted by molar-refractivity contribution is 5.93. The molecule has 1 saturated heterocycles. The van der Waals surface area contributed by atoms with Crippen molar-refractivity contribution in [1.82, 2.24) is 15.0 Å². The summed E-state index contributed by atoms with van der Waals surface area (Å²) in [7, 11) is 0. The highest BCUT2D eigenvalue weighted by Crippen LogP contribution is 2.21. The SMILES string of the molecule is Cc1nc(C2CN(C(=O)c3ccoc3)CCO2)no1. The molecule has 0 radical (unpaired) electrons. The van der Waals surface area contributed by atoms with Crippen LogP contribution in [-0.2, 0) is 4.74 Å². The Hall–Kier alpha value is -2.15. The smallest absolute Gasteiger partial charge is 0.257 e. The molecule has 7 heteroatoms. The summed E-state index contributed by atoms with van der Waals surface area (Å²) in [4.78, 5) is 18.0. The van der Waals surface area contributed by atoms with Crippen LogP contribution in [0.5, 0.6) is 0 Å². The molecular formula is C12H13N3O4. The Morgan fingerprint density at radius 1 is 1.53 bits per heavy atom. The Bertz CT molecular complexity index is 563. The van der Waals surface area contributed by atoms with E-state index in [4.69, 9.17) is 13.7 Å². The van der Waals surface area contributed by atoms with Crippen molar-refractivity contribution >= 4 is 5.91 Å². The van der Waals surface area contributed by atoms with Crippen molar-refractivity contribution in [2.24, 2.45) is 0 Å². The van der Waals surface area contributed by atoms with Crippen molar-refractivity contribution in [1.29, 1.82) is 0 Å². The number of aromatic nitrogens is 2. The Kier molecular flexibility index (Phi) is 3.04. The molecule has 19 heavy (non-hydrogen) atoms. The summed E-state index contributed by atoms with van der Waals surface area (Å²) in [5, 5.41) is 3.83. The van der Waals surface area contributed by atoms with Crippen LogP contribution in [0.3, 0.4) is 0 Å². The van der Waals surface area contributed by atoms with Gasteiger partial charge in [0.05, 0.1) is 25.0 Å². The summed E-state index contributed by atoms with van der Waals surface area (Å²) in [5.41, 5.74) is 0.532. The molecule has 3 rings (SSSR count). The standard InChI is InChI=1S/C12H13N3O4/c1-8-13-11(14-19-8)10-6-15(3-5-18-10)12(16)9-2-4-17-7-9/h2,4,7,10H,3,5-6H2,1H3. The largest absolute Gasteiger partial charge is 0.472 e. The van der Waals surface area contributed by atoms with Crippen LogP contribution >= 0.6 is 0 Å². The molecule has 0 aromatic carbocycles. The molecule has 7 nitrogen and oxygen atoms in total. The summed E-state index contributed by atoms with van der Waals surface area (Å²) in [5.74, 6) is 0.876. The predicted octanol–water partition coefficient (Wildman–Crippen LogP) is 1.18. The van der Waals surface area contributed by atoms with E-state index in [2.05, 4.69) is 10.1 Å².